The lowest BCUT2D eigenvalue weighted by Gasteiger charge is -2.25. The molecule has 7 heteroatoms. The van der Waals surface area contributed by atoms with E-state index in [1.54, 1.807) is 17.3 Å². The van der Waals surface area contributed by atoms with Crippen LogP contribution in [0.2, 0.25) is 0 Å². The van der Waals surface area contributed by atoms with Crippen molar-refractivity contribution in [2.75, 3.05) is 26.3 Å². The van der Waals surface area contributed by atoms with Gasteiger partial charge >= 0.3 is 6.09 Å². The van der Waals surface area contributed by atoms with Crippen molar-refractivity contribution in [1.82, 2.24) is 19.6 Å². The molecule has 20 heavy (non-hydrogen) atoms. The van der Waals surface area contributed by atoms with Crippen LogP contribution in [0.5, 0.6) is 0 Å². The van der Waals surface area contributed by atoms with Crippen molar-refractivity contribution in [3.8, 4) is 11.4 Å². The van der Waals surface area contributed by atoms with Crippen LogP contribution in [0.15, 0.2) is 36.9 Å². The van der Waals surface area contributed by atoms with Gasteiger partial charge < -0.3 is 14.5 Å². The first-order chi connectivity index (χ1) is 9.84. The molecule has 0 aliphatic carbocycles. The van der Waals surface area contributed by atoms with Crippen molar-refractivity contribution in [2.24, 2.45) is 0 Å². The number of imidazole rings is 1. The molecule has 1 saturated heterocycles. The normalized spacial score (nSPS) is 15.1. The van der Waals surface area contributed by atoms with E-state index in [-0.39, 0.29) is 0 Å². The van der Waals surface area contributed by atoms with E-state index < -0.39 is 6.09 Å². The maximum Gasteiger partial charge on any atom is 0.434 e. The summed E-state index contributed by atoms with van der Waals surface area (Å²) in [5.74, 6) is 0. The SMILES string of the molecule is O=C(On1cncc1-c1ccccn1)N1CCOCC1. The van der Waals surface area contributed by atoms with Gasteiger partial charge in [-0.15, -0.1) is 0 Å². The summed E-state index contributed by atoms with van der Waals surface area (Å²) >= 11 is 0. The topological polar surface area (TPSA) is 69.5 Å². The maximum absolute atomic E-state index is 12.0. The largest absolute Gasteiger partial charge is 0.434 e. The highest BCUT2D eigenvalue weighted by Gasteiger charge is 2.20. The highest BCUT2D eigenvalue weighted by atomic mass is 16.7. The molecule has 0 saturated carbocycles. The van der Waals surface area contributed by atoms with E-state index >= 15 is 0 Å². The molecule has 0 atom stereocenters. The smallest absolute Gasteiger partial charge is 0.378 e. The van der Waals surface area contributed by atoms with Gasteiger partial charge in [0.1, 0.15) is 12.0 Å². The summed E-state index contributed by atoms with van der Waals surface area (Å²) in [4.78, 5) is 27.2. The fourth-order valence-corrected chi connectivity index (χ4v) is 1.94. The molecule has 2 aromatic heterocycles. The van der Waals surface area contributed by atoms with Crippen LogP contribution in [0.25, 0.3) is 11.4 Å². The van der Waals surface area contributed by atoms with Gasteiger partial charge in [0.05, 0.1) is 25.1 Å². The third kappa shape index (κ3) is 2.62. The van der Waals surface area contributed by atoms with Crippen molar-refractivity contribution < 1.29 is 14.4 Å². The van der Waals surface area contributed by atoms with Gasteiger partial charge in [-0.2, -0.15) is 4.73 Å². The minimum atomic E-state index is -0.413. The summed E-state index contributed by atoms with van der Waals surface area (Å²) in [7, 11) is 0. The van der Waals surface area contributed by atoms with Gasteiger partial charge in [0.15, 0.2) is 0 Å². The number of hydrogen-bond acceptors (Lipinski definition) is 5. The molecule has 0 radical (unpaired) electrons. The van der Waals surface area contributed by atoms with Crippen LogP contribution in [0.1, 0.15) is 0 Å². The van der Waals surface area contributed by atoms with Crippen molar-refractivity contribution >= 4 is 6.09 Å². The number of ether oxygens (including phenoxy) is 1. The summed E-state index contributed by atoms with van der Waals surface area (Å²) in [6.07, 6.45) is 4.32. The number of aromatic nitrogens is 3. The van der Waals surface area contributed by atoms with Crippen LogP contribution in [0.3, 0.4) is 0 Å². The van der Waals surface area contributed by atoms with E-state index in [9.17, 15) is 4.79 Å². The number of hydrogen-bond donors (Lipinski definition) is 0. The quantitative estimate of drug-likeness (QED) is 0.811. The average molecular weight is 274 g/mol. The summed E-state index contributed by atoms with van der Waals surface area (Å²) < 4.78 is 6.53. The van der Waals surface area contributed by atoms with Crippen LogP contribution < -0.4 is 4.84 Å². The van der Waals surface area contributed by atoms with Gasteiger partial charge in [-0.1, -0.05) is 6.07 Å². The predicted octanol–water partition coefficient (Wildman–Crippen LogP) is 0.826. The lowest BCUT2D eigenvalue weighted by Crippen LogP contribution is -2.44. The van der Waals surface area contributed by atoms with Crippen molar-refractivity contribution in [3.63, 3.8) is 0 Å². The summed E-state index contributed by atoms with van der Waals surface area (Å²) in [5, 5.41) is 0. The van der Waals surface area contributed by atoms with Crippen molar-refractivity contribution in [3.05, 3.63) is 36.9 Å². The first kappa shape index (κ1) is 12.6. The van der Waals surface area contributed by atoms with Crippen LogP contribution in [0, 0.1) is 0 Å². The molecule has 0 unspecified atom stereocenters. The number of amides is 1. The fraction of sp³-hybridized carbons (Fsp3) is 0.308. The van der Waals surface area contributed by atoms with E-state index in [0.29, 0.717) is 37.7 Å². The van der Waals surface area contributed by atoms with Crippen LogP contribution in [-0.2, 0) is 4.74 Å². The zero-order chi connectivity index (χ0) is 13.8. The maximum atomic E-state index is 12.0. The molecule has 1 fully saturated rings. The van der Waals surface area contributed by atoms with E-state index in [4.69, 9.17) is 9.57 Å². The number of morpholine rings is 1. The second kappa shape index (κ2) is 5.70. The van der Waals surface area contributed by atoms with Crippen LogP contribution in [0.4, 0.5) is 4.79 Å². The minimum absolute atomic E-state index is 0.413. The number of pyridine rings is 1. The molecule has 3 rings (SSSR count). The molecule has 1 amide bonds. The van der Waals surface area contributed by atoms with Gasteiger partial charge in [-0.25, -0.2) is 9.78 Å². The second-order valence-electron chi connectivity index (χ2n) is 4.28. The van der Waals surface area contributed by atoms with E-state index in [1.807, 2.05) is 18.2 Å². The highest BCUT2D eigenvalue weighted by molar-refractivity contribution is 5.68. The van der Waals surface area contributed by atoms with Crippen LogP contribution >= 0.6 is 0 Å². The molecule has 0 N–H and O–H groups in total. The van der Waals surface area contributed by atoms with Crippen molar-refractivity contribution in [1.29, 1.82) is 0 Å². The van der Waals surface area contributed by atoms with Gasteiger partial charge in [-0.3, -0.25) is 4.98 Å². The summed E-state index contributed by atoms with van der Waals surface area (Å²) in [6.45, 7) is 2.14. The Hall–Kier alpha value is -2.41. The van der Waals surface area contributed by atoms with Crippen molar-refractivity contribution in [2.45, 2.75) is 0 Å². The highest BCUT2D eigenvalue weighted by Crippen LogP contribution is 2.14. The van der Waals surface area contributed by atoms with Gasteiger partial charge in [0.25, 0.3) is 0 Å². The number of carbonyl (C=O) groups is 1. The van der Waals surface area contributed by atoms with E-state index in [1.165, 1.54) is 11.1 Å². The van der Waals surface area contributed by atoms with Gasteiger partial charge in [-0.05, 0) is 12.1 Å². The molecule has 104 valence electrons. The summed E-state index contributed by atoms with van der Waals surface area (Å²) in [5.41, 5.74) is 1.33. The Labute approximate surface area is 115 Å². The Morgan fingerprint density at radius 3 is 2.90 bits per heavy atom. The Balaban J connectivity index is 1.75. The molecule has 1 aliphatic rings. The Bertz CT molecular complexity index is 578. The third-order valence-electron chi connectivity index (χ3n) is 2.98. The molecule has 3 heterocycles. The average Bonchev–Trinajstić information content (AvgIpc) is 2.97. The number of carbonyl (C=O) groups excluding carboxylic acids is 1. The zero-order valence-corrected chi connectivity index (χ0v) is 10.8. The van der Waals surface area contributed by atoms with E-state index in [2.05, 4.69) is 9.97 Å². The second-order valence-corrected chi connectivity index (χ2v) is 4.28. The monoisotopic (exact) mass is 274 g/mol. The Morgan fingerprint density at radius 1 is 1.30 bits per heavy atom. The molecular weight excluding hydrogens is 260 g/mol. The lowest BCUT2D eigenvalue weighted by atomic mass is 10.3. The number of rotatable bonds is 2. The molecule has 0 spiro atoms. The third-order valence-corrected chi connectivity index (χ3v) is 2.98. The van der Waals surface area contributed by atoms with E-state index in [0.717, 1.165) is 0 Å². The first-order valence-electron chi connectivity index (χ1n) is 6.33. The van der Waals surface area contributed by atoms with Gasteiger partial charge in [0, 0.05) is 19.3 Å². The fourth-order valence-electron chi connectivity index (χ4n) is 1.94. The lowest BCUT2D eigenvalue weighted by molar-refractivity contribution is 0.0249. The molecule has 0 aromatic carbocycles. The Kier molecular flexibility index (Phi) is 3.60. The van der Waals surface area contributed by atoms with Crippen LogP contribution in [-0.4, -0.2) is 52.0 Å². The standard InChI is InChI=1S/C13H14N4O3/c18-13(16-5-7-19-8-6-16)20-17-10-14-9-12(17)11-3-1-2-4-15-11/h1-4,9-10H,5-8H2. The predicted molar refractivity (Wildman–Crippen MR) is 69.8 cm³/mol. The summed E-state index contributed by atoms with van der Waals surface area (Å²) in [6, 6.07) is 5.52. The van der Waals surface area contributed by atoms with Gasteiger partial charge in [0.2, 0.25) is 0 Å². The molecule has 2 aromatic rings. The molecule has 1 aliphatic heterocycles. The molecule has 7 nitrogen and oxygen atoms in total. The minimum Gasteiger partial charge on any atom is -0.378 e. The first-order valence-corrected chi connectivity index (χ1v) is 6.33. The Morgan fingerprint density at radius 2 is 2.15 bits per heavy atom. The number of nitrogens with zero attached hydrogens (tertiary/aromatic N) is 4. The molecular formula is C13H14N4O3. The zero-order valence-electron chi connectivity index (χ0n) is 10.8. The molecule has 0 bridgehead atoms.